The van der Waals surface area contributed by atoms with Crippen molar-refractivity contribution in [1.82, 2.24) is 10.2 Å². The first kappa shape index (κ1) is 25.2. The normalized spacial score (nSPS) is 30.0. The van der Waals surface area contributed by atoms with Crippen LogP contribution in [-0.4, -0.2) is 42.6 Å². The molecule has 2 unspecified atom stereocenters. The molecule has 0 saturated heterocycles. The summed E-state index contributed by atoms with van der Waals surface area (Å²) in [6.07, 6.45) is 3.25. The van der Waals surface area contributed by atoms with Crippen molar-refractivity contribution in [1.29, 1.82) is 0 Å². The average Bonchev–Trinajstić information content (AvgIpc) is 3.23. The number of alkyl halides is 3. The Hall–Kier alpha value is -1.87. The number of methoxy groups -OCH3 is 1. The Kier molecular flexibility index (Phi) is 7.16. The van der Waals surface area contributed by atoms with Gasteiger partial charge in [-0.1, -0.05) is 26.7 Å². The third kappa shape index (κ3) is 4.78. The molecule has 34 heavy (non-hydrogen) atoms. The smallest absolute Gasteiger partial charge is 0.422 e. The summed E-state index contributed by atoms with van der Waals surface area (Å²) >= 11 is 0. The standard InChI is InChI=1S/C25H36F3N3O3/c1-16(2)24(10-8-19(13-24)29-20-6-4-5-7-22(20)34-3)23(32)30-11-9-21-17(14-30)12-18(15-31(21)33)25(26,27)28/h12,15-16,19-20,22,29H,4-11,13-14H2,1-3H3/t19?,20-,22?,24-/m0/s1. The molecule has 1 aromatic rings. The highest BCUT2D eigenvalue weighted by Crippen LogP contribution is 2.47. The number of fused-ring (bicyclic) bond motifs is 1. The minimum Gasteiger partial charge on any atom is -0.618 e. The van der Waals surface area contributed by atoms with Crippen LogP contribution in [0.3, 0.4) is 0 Å². The van der Waals surface area contributed by atoms with Gasteiger partial charge in [-0.15, -0.1) is 0 Å². The highest BCUT2D eigenvalue weighted by molar-refractivity contribution is 5.83. The lowest BCUT2D eigenvalue weighted by Gasteiger charge is -2.39. The molecule has 2 aliphatic carbocycles. The van der Waals surface area contributed by atoms with Gasteiger partial charge in [0.15, 0.2) is 11.9 Å². The van der Waals surface area contributed by atoms with Gasteiger partial charge in [0, 0.05) is 31.3 Å². The molecule has 2 saturated carbocycles. The second-order valence-corrected chi connectivity index (χ2v) is 10.6. The zero-order chi connectivity index (χ0) is 24.7. The van der Waals surface area contributed by atoms with Crippen LogP contribution >= 0.6 is 0 Å². The van der Waals surface area contributed by atoms with Crippen LogP contribution in [0, 0.1) is 16.5 Å². The SMILES string of the molecule is COC1CCCC[C@@H]1NC1CC[C@@](C(=O)N2CCc3c(cc(C(F)(F)F)c[n+]3[O-])C2)(C(C)C)C1. The van der Waals surface area contributed by atoms with Crippen molar-refractivity contribution in [3.05, 3.63) is 34.3 Å². The van der Waals surface area contributed by atoms with E-state index in [0.717, 1.165) is 31.7 Å². The predicted molar refractivity (Wildman–Crippen MR) is 121 cm³/mol. The fraction of sp³-hybridized carbons (Fsp3) is 0.760. The largest absolute Gasteiger partial charge is 0.618 e. The van der Waals surface area contributed by atoms with Crippen molar-refractivity contribution in [2.24, 2.45) is 11.3 Å². The van der Waals surface area contributed by atoms with E-state index in [1.165, 1.54) is 12.8 Å². The second-order valence-electron chi connectivity index (χ2n) is 10.6. The maximum absolute atomic E-state index is 13.9. The van der Waals surface area contributed by atoms with Crippen LogP contribution in [0.4, 0.5) is 13.2 Å². The number of nitrogens with one attached hydrogen (secondary N) is 1. The number of aromatic nitrogens is 1. The number of amides is 1. The number of carbonyl (C=O) groups is 1. The number of ether oxygens (including phenoxy) is 1. The third-order valence-corrected chi connectivity index (χ3v) is 8.35. The van der Waals surface area contributed by atoms with E-state index in [-0.39, 0.29) is 43.0 Å². The molecular formula is C25H36F3N3O3. The van der Waals surface area contributed by atoms with Crippen LogP contribution in [0.5, 0.6) is 0 Å². The van der Waals surface area contributed by atoms with Crippen LogP contribution in [0.2, 0.25) is 0 Å². The summed E-state index contributed by atoms with van der Waals surface area (Å²) in [7, 11) is 1.76. The highest BCUT2D eigenvalue weighted by atomic mass is 19.4. The molecule has 2 fully saturated rings. The Morgan fingerprint density at radius 2 is 2.03 bits per heavy atom. The number of nitrogens with zero attached hydrogens (tertiary/aromatic N) is 2. The van der Waals surface area contributed by atoms with Crippen molar-refractivity contribution in [3.8, 4) is 0 Å². The summed E-state index contributed by atoms with van der Waals surface area (Å²) in [6, 6.07) is 1.53. The van der Waals surface area contributed by atoms with E-state index in [9.17, 15) is 23.2 Å². The molecule has 1 N–H and O–H groups in total. The summed E-state index contributed by atoms with van der Waals surface area (Å²) < 4.78 is 45.7. The molecule has 9 heteroatoms. The molecule has 2 heterocycles. The number of hydrogen-bond acceptors (Lipinski definition) is 4. The molecule has 0 bridgehead atoms. The summed E-state index contributed by atoms with van der Waals surface area (Å²) in [6.45, 7) is 4.51. The van der Waals surface area contributed by atoms with Gasteiger partial charge < -0.3 is 20.2 Å². The Bertz CT molecular complexity index is 907. The first-order chi connectivity index (χ1) is 16.0. The molecule has 1 aromatic heterocycles. The number of halogens is 3. The molecule has 4 rings (SSSR count). The van der Waals surface area contributed by atoms with Crippen molar-refractivity contribution in [2.75, 3.05) is 13.7 Å². The van der Waals surface area contributed by atoms with E-state index in [1.807, 2.05) is 0 Å². The van der Waals surface area contributed by atoms with Crippen LogP contribution in [0.25, 0.3) is 0 Å². The van der Waals surface area contributed by atoms with Crippen LogP contribution in [-0.2, 0) is 28.7 Å². The zero-order valence-corrected chi connectivity index (χ0v) is 20.3. The van der Waals surface area contributed by atoms with Gasteiger partial charge in [-0.05, 0) is 44.1 Å². The molecule has 1 amide bonds. The lowest BCUT2D eigenvalue weighted by molar-refractivity contribution is -0.616. The van der Waals surface area contributed by atoms with Crippen molar-refractivity contribution < 1.29 is 27.4 Å². The Morgan fingerprint density at radius 1 is 1.29 bits per heavy atom. The van der Waals surface area contributed by atoms with Crippen molar-refractivity contribution in [3.63, 3.8) is 0 Å². The average molecular weight is 484 g/mol. The number of hydrogen-bond donors (Lipinski definition) is 1. The fourth-order valence-electron chi connectivity index (χ4n) is 6.29. The quantitative estimate of drug-likeness (QED) is 0.509. The van der Waals surface area contributed by atoms with Gasteiger partial charge in [-0.2, -0.15) is 17.9 Å². The number of carbonyl (C=O) groups excluding carboxylic acids is 1. The topological polar surface area (TPSA) is 68.5 Å². The van der Waals surface area contributed by atoms with Gasteiger partial charge >= 0.3 is 6.18 Å². The maximum atomic E-state index is 13.9. The number of pyridine rings is 1. The van der Waals surface area contributed by atoms with Crippen LogP contribution in [0.15, 0.2) is 12.3 Å². The van der Waals surface area contributed by atoms with E-state index in [4.69, 9.17) is 4.74 Å². The van der Waals surface area contributed by atoms with Gasteiger partial charge in [0.05, 0.1) is 24.5 Å². The van der Waals surface area contributed by atoms with Crippen LogP contribution in [0.1, 0.15) is 75.6 Å². The van der Waals surface area contributed by atoms with Gasteiger partial charge in [0.2, 0.25) is 5.91 Å². The van der Waals surface area contributed by atoms with Crippen molar-refractivity contribution in [2.45, 2.75) is 96.1 Å². The summed E-state index contributed by atoms with van der Waals surface area (Å²) in [5.41, 5.74) is -0.910. The van der Waals surface area contributed by atoms with E-state index in [1.54, 1.807) is 12.0 Å². The minimum atomic E-state index is -4.60. The molecule has 6 nitrogen and oxygen atoms in total. The number of rotatable bonds is 5. The molecular weight excluding hydrogens is 447 g/mol. The molecule has 0 aromatic carbocycles. The Labute approximate surface area is 199 Å². The lowest BCUT2D eigenvalue weighted by atomic mass is 9.74. The minimum absolute atomic E-state index is 0.000698. The molecule has 190 valence electrons. The Morgan fingerprint density at radius 3 is 2.71 bits per heavy atom. The summed E-state index contributed by atoms with van der Waals surface area (Å²) in [4.78, 5) is 15.5. The highest BCUT2D eigenvalue weighted by Gasteiger charge is 2.50. The summed E-state index contributed by atoms with van der Waals surface area (Å²) in [5, 5.41) is 16.0. The van der Waals surface area contributed by atoms with Gasteiger partial charge in [0.25, 0.3) is 0 Å². The lowest BCUT2D eigenvalue weighted by Crippen LogP contribution is -2.51. The first-order valence-electron chi connectivity index (χ1n) is 12.5. The third-order valence-electron chi connectivity index (χ3n) is 8.35. The van der Waals surface area contributed by atoms with Gasteiger partial charge in [-0.25, -0.2) is 0 Å². The zero-order valence-electron chi connectivity index (χ0n) is 20.3. The van der Waals surface area contributed by atoms with E-state index in [2.05, 4.69) is 19.2 Å². The molecule has 0 spiro atoms. The Balaban J connectivity index is 1.50. The molecule has 0 radical (unpaired) electrons. The maximum Gasteiger partial charge on any atom is 0.422 e. The van der Waals surface area contributed by atoms with Gasteiger partial charge in [-0.3, -0.25) is 4.79 Å². The molecule has 4 atom stereocenters. The van der Waals surface area contributed by atoms with Crippen molar-refractivity contribution >= 4 is 5.91 Å². The van der Waals surface area contributed by atoms with Gasteiger partial charge in [0.1, 0.15) is 5.56 Å². The fourth-order valence-corrected chi connectivity index (χ4v) is 6.29. The van der Waals surface area contributed by atoms with E-state index in [0.29, 0.717) is 35.2 Å². The molecule has 3 aliphatic rings. The summed E-state index contributed by atoms with van der Waals surface area (Å²) in [5.74, 6) is 0.1000. The molecule has 1 aliphatic heterocycles. The van der Waals surface area contributed by atoms with E-state index < -0.39 is 17.2 Å². The monoisotopic (exact) mass is 483 g/mol. The second kappa shape index (κ2) is 9.64. The van der Waals surface area contributed by atoms with Crippen LogP contribution < -0.4 is 10.0 Å². The van der Waals surface area contributed by atoms with E-state index >= 15 is 0 Å². The predicted octanol–water partition coefficient (Wildman–Crippen LogP) is 3.97. The first-order valence-corrected chi connectivity index (χ1v) is 12.5.